The number of hydrogen-bond donors (Lipinski definition) is 0. The molecule has 0 amide bonds. The molecule has 0 aliphatic heterocycles. The number of fused-ring (bicyclic) bond motifs is 1. The molecular formula is C11H15NSSi. The Balaban J connectivity index is 2.36. The molecule has 0 spiro atoms. The maximum Gasteiger partial charge on any atom is 0.0912 e. The molecule has 0 radical (unpaired) electrons. The highest BCUT2D eigenvalue weighted by molar-refractivity contribution is 7.19. The van der Waals surface area contributed by atoms with Gasteiger partial charge in [-0.2, -0.15) is 0 Å². The van der Waals surface area contributed by atoms with E-state index in [1.54, 1.807) is 0 Å². The molecule has 0 saturated heterocycles. The standard InChI is InChI=1S/C11H15NSSi/c1-14(2,3)8-11-12-9-6-4-5-7-10(9)13-11/h4-7H,8H2,1-3H3. The summed E-state index contributed by atoms with van der Waals surface area (Å²) in [6.45, 7) is 7.16. The van der Waals surface area contributed by atoms with Crippen LogP contribution < -0.4 is 0 Å². The Bertz CT molecular complexity index is 409. The summed E-state index contributed by atoms with van der Waals surface area (Å²) in [6.07, 6.45) is 0. The quantitative estimate of drug-likeness (QED) is 0.704. The van der Waals surface area contributed by atoms with Crippen LogP contribution in [0, 0.1) is 0 Å². The fourth-order valence-electron chi connectivity index (χ4n) is 1.45. The van der Waals surface area contributed by atoms with E-state index in [9.17, 15) is 0 Å². The zero-order valence-electron chi connectivity index (χ0n) is 8.87. The Hall–Kier alpha value is -0.673. The summed E-state index contributed by atoms with van der Waals surface area (Å²) >= 11 is 1.85. The van der Waals surface area contributed by atoms with Crippen LogP contribution in [-0.2, 0) is 6.04 Å². The first-order chi connectivity index (χ1) is 6.54. The Morgan fingerprint density at radius 3 is 2.57 bits per heavy atom. The maximum absolute atomic E-state index is 4.65. The van der Waals surface area contributed by atoms with Crippen LogP contribution in [0.3, 0.4) is 0 Å². The van der Waals surface area contributed by atoms with Crippen molar-refractivity contribution in [1.82, 2.24) is 4.98 Å². The Morgan fingerprint density at radius 2 is 1.93 bits per heavy atom. The topological polar surface area (TPSA) is 12.9 Å². The monoisotopic (exact) mass is 221 g/mol. The van der Waals surface area contributed by atoms with Crippen molar-refractivity contribution in [3.05, 3.63) is 29.3 Å². The van der Waals surface area contributed by atoms with E-state index in [1.807, 2.05) is 11.3 Å². The van der Waals surface area contributed by atoms with Gasteiger partial charge in [0.15, 0.2) is 0 Å². The van der Waals surface area contributed by atoms with E-state index in [1.165, 1.54) is 15.8 Å². The lowest BCUT2D eigenvalue weighted by atomic mass is 10.3. The van der Waals surface area contributed by atoms with Crippen molar-refractivity contribution >= 4 is 29.6 Å². The van der Waals surface area contributed by atoms with Gasteiger partial charge in [-0.05, 0) is 18.2 Å². The third kappa shape index (κ3) is 2.22. The van der Waals surface area contributed by atoms with Crippen molar-refractivity contribution < 1.29 is 0 Å². The van der Waals surface area contributed by atoms with Gasteiger partial charge in [-0.3, -0.25) is 0 Å². The van der Waals surface area contributed by atoms with Gasteiger partial charge in [0.05, 0.1) is 23.3 Å². The van der Waals surface area contributed by atoms with Gasteiger partial charge in [-0.15, -0.1) is 11.3 Å². The molecule has 14 heavy (non-hydrogen) atoms. The van der Waals surface area contributed by atoms with Gasteiger partial charge in [0.25, 0.3) is 0 Å². The number of thiazole rings is 1. The summed E-state index contributed by atoms with van der Waals surface area (Å²) in [5.74, 6) is 0. The van der Waals surface area contributed by atoms with Crippen LogP contribution in [0.2, 0.25) is 19.6 Å². The van der Waals surface area contributed by atoms with Gasteiger partial charge >= 0.3 is 0 Å². The van der Waals surface area contributed by atoms with Crippen LogP contribution in [-0.4, -0.2) is 13.1 Å². The molecule has 2 rings (SSSR count). The average molecular weight is 221 g/mol. The summed E-state index contributed by atoms with van der Waals surface area (Å²) in [6, 6.07) is 9.59. The zero-order chi connectivity index (χ0) is 10.2. The molecule has 1 nitrogen and oxygen atoms in total. The molecule has 1 aromatic carbocycles. The number of nitrogens with zero attached hydrogens (tertiary/aromatic N) is 1. The lowest BCUT2D eigenvalue weighted by Crippen LogP contribution is -2.23. The molecular weight excluding hydrogens is 206 g/mol. The van der Waals surface area contributed by atoms with Crippen molar-refractivity contribution in [2.45, 2.75) is 25.7 Å². The molecule has 1 aromatic heterocycles. The molecule has 0 saturated carbocycles. The van der Waals surface area contributed by atoms with E-state index >= 15 is 0 Å². The highest BCUT2D eigenvalue weighted by Gasteiger charge is 2.16. The minimum absolute atomic E-state index is 1.01. The van der Waals surface area contributed by atoms with Crippen molar-refractivity contribution in [2.24, 2.45) is 0 Å². The Morgan fingerprint density at radius 1 is 1.21 bits per heavy atom. The van der Waals surface area contributed by atoms with Gasteiger partial charge in [-0.1, -0.05) is 31.8 Å². The summed E-state index contributed by atoms with van der Waals surface area (Å²) in [4.78, 5) is 4.65. The summed E-state index contributed by atoms with van der Waals surface area (Å²) in [5, 5.41) is 1.31. The molecule has 0 bridgehead atoms. The van der Waals surface area contributed by atoms with Crippen molar-refractivity contribution in [3.63, 3.8) is 0 Å². The van der Waals surface area contributed by atoms with Crippen LogP contribution in [0.4, 0.5) is 0 Å². The largest absolute Gasteiger partial charge is 0.242 e. The average Bonchev–Trinajstić information content (AvgIpc) is 2.42. The van der Waals surface area contributed by atoms with E-state index in [0.29, 0.717) is 0 Å². The fraction of sp³-hybridized carbons (Fsp3) is 0.364. The number of rotatable bonds is 2. The Kier molecular flexibility index (Phi) is 2.45. The number of hydrogen-bond acceptors (Lipinski definition) is 2. The van der Waals surface area contributed by atoms with Gasteiger partial charge in [0.1, 0.15) is 0 Å². The SMILES string of the molecule is C[Si](C)(C)Cc1nc2ccccc2s1. The second-order valence-electron chi connectivity index (χ2n) is 4.81. The molecule has 0 aliphatic carbocycles. The third-order valence-corrected chi connectivity index (χ3v) is 4.71. The first kappa shape index (κ1) is 9.87. The first-order valence-electron chi connectivity index (χ1n) is 4.89. The smallest absolute Gasteiger partial charge is 0.0912 e. The van der Waals surface area contributed by atoms with Gasteiger partial charge in [0.2, 0.25) is 0 Å². The molecule has 0 aliphatic rings. The normalized spacial score (nSPS) is 12.2. The third-order valence-electron chi connectivity index (χ3n) is 2.02. The van der Waals surface area contributed by atoms with Gasteiger partial charge in [-0.25, -0.2) is 4.98 Å². The predicted octanol–water partition coefficient (Wildman–Crippen LogP) is 3.72. The Labute approximate surface area is 89.8 Å². The number of benzene rings is 1. The van der Waals surface area contributed by atoms with Gasteiger partial charge in [0, 0.05) is 0 Å². The summed E-state index contributed by atoms with van der Waals surface area (Å²) < 4.78 is 1.32. The van der Waals surface area contributed by atoms with Gasteiger partial charge < -0.3 is 0 Å². The minimum Gasteiger partial charge on any atom is -0.242 e. The van der Waals surface area contributed by atoms with Crippen LogP contribution in [0.15, 0.2) is 24.3 Å². The number of para-hydroxylation sites is 1. The number of aromatic nitrogens is 1. The van der Waals surface area contributed by atoms with Crippen molar-refractivity contribution in [3.8, 4) is 0 Å². The maximum atomic E-state index is 4.65. The first-order valence-corrected chi connectivity index (χ1v) is 9.41. The van der Waals surface area contributed by atoms with E-state index in [-0.39, 0.29) is 0 Å². The summed E-state index contributed by atoms with van der Waals surface area (Å²) in [5.41, 5.74) is 1.16. The van der Waals surface area contributed by atoms with E-state index in [4.69, 9.17) is 0 Å². The van der Waals surface area contributed by atoms with E-state index in [2.05, 4.69) is 48.9 Å². The lowest BCUT2D eigenvalue weighted by molar-refractivity contribution is 1.24. The van der Waals surface area contributed by atoms with Crippen LogP contribution in [0.5, 0.6) is 0 Å². The predicted molar refractivity (Wildman–Crippen MR) is 66.7 cm³/mol. The molecule has 0 fully saturated rings. The van der Waals surface area contributed by atoms with E-state index < -0.39 is 8.07 Å². The van der Waals surface area contributed by atoms with Crippen LogP contribution in [0.1, 0.15) is 5.01 Å². The summed E-state index contributed by atoms with van der Waals surface area (Å²) in [7, 11) is -1.01. The molecule has 0 unspecified atom stereocenters. The molecule has 2 aromatic rings. The fourth-order valence-corrected chi connectivity index (χ4v) is 4.79. The van der Waals surface area contributed by atoms with Crippen LogP contribution >= 0.6 is 11.3 Å². The lowest BCUT2D eigenvalue weighted by Gasteiger charge is -2.12. The molecule has 3 heteroatoms. The molecule has 0 atom stereocenters. The van der Waals surface area contributed by atoms with Crippen LogP contribution in [0.25, 0.3) is 10.2 Å². The minimum atomic E-state index is -1.01. The molecule has 74 valence electrons. The second-order valence-corrected chi connectivity index (χ2v) is 11.4. The molecule has 1 heterocycles. The van der Waals surface area contributed by atoms with Crippen molar-refractivity contribution in [2.75, 3.05) is 0 Å². The highest BCUT2D eigenvalue weighted by Crippen LogP contribution is 2.24. The zero-order valence-corrected chi connectivity index (χ0v) is 10.7. The highest BCUT2D eigenvalue weighted by atomic mass is 32.1. The van der Waals surface area contributed by atoms with Crippen molar-refractivity contribution in [1.29, 1.82) is 0 Å². The van der Waals surface area contributed by atoms with E-state index in [0.717, 1.165) is 5.52 Å². The second kappa shape index (κ2) is 3.48. The molecule has 0 N–H and O–H groups in total.